The maximum Gasteiger partial charge on any atom is 0.503 e. The van der Waals surface area contributed by atoms with E-state index in [1.165, 1.54) is 26.6 Å². The SMILES string of the molecule is CC#N.CCN(CC)CC.O=C(O)O. The average molecular weight is 204 g/mol. The highest BCUT2D eigenvalue weighted by Gasteiger charge is 1.89. The molecular weight excluding hydrogens is 184 g/mol. The third-order valence-corrected chi connectivity index (χ3v) is 1.34. The fourth-order valence-electron chi connectivity index (χ4n) is 0.671. The molecule has 0 aromatic rings. The van der Waals surface area contributed by atoms with E-state index in [0.717, 1.165) is 0 Å². The second-order valence-corrected chi connectivity index (χ2v) is 2.13. The van der Waals surface area contributed by atoms with Crippen molar-refractivity contribution in [1.29, 1.82) is 5.26 Å². The maximum absolute atomic E-state index is 8.56. The predicted molar refractivity (Wildman–Crippen MR) is 55.4 cm³/mol. The molecule has 0 atom stereocenters. The summed E-state index contributed by atoms with van der Waals surface area (Å²) in [5, 5.41) is 21.3. The number of hydrogen-bond donors (Lipinski definition) is 2. The minimum Gasteiger partial charge on any atom is -0.450 e. The van der Waals surface area contributed by atoms with Crippen LogP contribution in [0.3, 0.4) is 0 Å². The molecule has 0 aromatic heterocycles. The van der Waals surface area contributed by atoms with Gasteiger partial charge < -0.3 is 15.1 Å². The van der Waals surface area contributed by atoms with Crippen LogP contribution in [0.1, 0.15) is 27.7 Å². The van der Waals surface area contributed by atoms with E-state index in [4.69, 9.17) is 20.3 Å². The van der Waals surface area contributed by atoms with Crippen molar-refractivity contribution in [2.75, 3.05) is 19.6 Å². The van der Waals surface area contributed by atoms with E-state index in [2.05, 4.69) is 25.7 Å². The fourth-order valence-corrected chi connectivity index (χ4v) is 0.671. The van der Waals surface area contributed by atoms with Crippen LogP contribution >= 0.6 is 0 Å². The fraction of sp³-hybridized carbons (Fsp3) is 0.778. The lowest BCUT2D eigenvalue weighted by molar-refractivity contribution is 0.137. The normalized spacial score (nSPS) is 7.43. The lowest BCUT2D eigenvalue weighted by Gasteiger charge is -2.13. The first-order valence-corrected chi connectivity index (χ1v) is 4.44. The van der Waals surface area contributed by atoms with Crippen molar-refractivity contribution in [2.45, 2.75) is 27.7 Å². The largest absolute Gasteiger partial charge is 0.503 e. The van der Waals surface area contributed by atoms with Crippen molar-refractivity contribution in [3.8, 4) is 6.07 Å². The summed E-state index contributed by atoms with van der Waals surface area (Å²) in [7, 11) is 0. The molecule has 0 radical (unpaired) electrons. The first-order chi connectivity index (χ1) is 6.49. The third kappa shape index (κ3) is 45.5. The summed E-state index contributed by atoms with van der Waals surface area (Å²) >= 11 is 0. The van der Waals surface area contributed by atoms with Gasteiger partial charge in [-0.1, -0.05) is 20.8 Å². The summed E-state index contributed by atoms with van der Waals surface area (Å²) in [6.07, 6.45) is -1.83. The van der Waals surface area contributed by atoms with Gasteiger partial charge in [0.2, 0.25) is 0 Å². The zero-order valence-electron chi connectivity index (χ0n) is 9.32. The number of carboxylic acid groups (broad SMARTS) is 2. The van der Waals surface area contributed by atoms with Crippen molar-refractivity contribution in [2.24, 2.45) is 0 Å². The number of carbonyl (C=O) groups is 1. The van der Waals surface area contributed by atoms with E-state index in [9.17, 15) is 0 Å². The molecule has 0 unspecified atom stereocenters. The first kappa shape index (κ1) is 18.5. The lowest BCUT2D eigenvalue weighted by atomic mass is 10.5. The van der Waals surface area contributed by atoms with E-state index in [1.807, 2.05) is 0 Å². The van der Waals surface area contributed by atoms with Crippen molar-refractivity contribution < 1.29 is 15.0 Å². The van der Waals surface area contributed by atoms with Crippen LogP contribution in [-0.2, 0) is 0 Å². The van der Waals surface area contributed by atoms with Gasteiger partial charge >= 0.3 is 6.16 Å². The van der Waals surface area contributed by atoms with Crippen LogP contribution in [0.15, 0.2) is 0 Å². The number of hydrogen-bond acceptors (Lipinski definition) is 3. The zero-order chi connectivity index (χ0) is 12.0. The molecule has 0 aliphatic carbocycles. The molecular formula is C9H20N2O3. The van der Waals surface area contributed by atoms with E-state index in [0.29, 0.717) is 0 Å². The van der Waals surface area contributed by atoms with Gasteiger partial charge in [-0.15, -0.1) is 0 Å². The summed E-state index contributed by atoms with van der Waals surface area (Å²) in [5.74, 6) is 0. The molecule has 5 nitrogen and oxygen atoms in total. The number of nitrogens with zero attached hydrogens (tertiary/aromatic N) is 2. The van der Waals surface area contributed by atoms with Crippen LogP contribution in [0.2, 0.25) is 0 Å². The summed E-state index contributed by atoms with van der Waals surface area (Å²) in [5.41, 5.74) is 0. The van der Waals surface area contributed by atoms with E-state index >= 15 is 0 Å². The molecule has 0 bridgehead atoms. The molecule has 0 amide bonds. The first-order valence-electron chi connectivity index (χ1n) is 4.44. The second-order valence-electron chi connectivity index (χ2n) is 2.13. The van der Waals surface area contributed by atoms with E-state index < -0.39 is 6.16 Å². The van der Waals surface area contributed by atoms with Gasteiger partial charge in [0.1, 0.15) is 0 Å². The Morgan fingerprint density at radius 1 is 1.21 bits per heavy atom. The molecule has 84 valence electrons. The van der Waals surface area contributed by atoms with Crippen LogP contribution in [0.4, 0.5) is 4.79 Å². The van der Waals surface area contributed by atoms with Crippen LogP contribution in [-0.4, -0.2) is 40.9 Å². The van der Waals surface area contributed by atoms with Gasteiger partial charge in [0, 0.05) is 6.92 Å². The quantitative estimate of drug-likeness (QED) is 0.735. The Morgan fingerprint density at radius 2 is 1.36 bits per heavy atom. The molecule has 0 saturated carbocycles. The van der Waals surface area contributed by atoms with Crippen molar-refractivity contribution >= 4 is 6.16 Å². The molecule has 0 heterocycles. The standard InChI is InChI=1S/C6H15N.C2H3N.CH2O3/c1-4-7(5-2)6-3;1-2-3;2-1(3)4/h4-6H2,1-3H3;1H3;(H2,2,3,4). The second kappa shape index (κ2) is 17.7. The van der Waals surface area contributed by atoms with Gasteiger partial charge in [0.05, 0.1) is 6.07 Å². The molecule has 0 fully saturated rings. The van der Waals surface area contributed by atoms with Gasteiger partial charge in [-0.05, 0) is 19.6 Å². The maximum atomic E-state index is 8.56. The monoisotopic (exact) mass is 204 g/mol. The minimum absolute atomic E-state index is 1.19. The Balaban J connectivity index is -0.000000147. The van der Waals surface area contributed by atoms with Gasteiger partial charge in [0.15, 0.2) is 0 Å². The molecule has 2 N–H and O–H groups in total. The Labute approximate surface area is 85.6 Å². The number of nitriles is 1. The van der Waals surface area contributed by atoms with Gasteiger partial charge in [0.25, 0.3) is 0 Å². The number of rotatable bonds is 3. The third-order valence-electron chi connectivity index (χ3n) is 1.34. The van der Waals surface area contributed by atoms with Crippen molar-refractivity contribution in [3.63, 3.8) is 0 Å². The molecule has 0 spiro atoms. The smallest absolute Gasteiger partial charge is 0.450 e. The van der Waals surface area contributed by atoms with Crippen molar-refractivity contribution in [3.05, 3.63) is 0 Å². The Kier molecular flexibility index (Phi) is 23.4. The average Bonchev–Trinajstić information content (AvgIpc) is 2.08. The summed E-state index contributed by atoms with van der Waals surface area (Å²) in [6, 6.07) is 1.75. The van der Waals surface area contributed by atoms with Crippen molar-refractivity contribution in [1.82, 2.24) is 4.90 Å². The Bertz CT molecular complexity index is 141. The highest BCUT2D eigenvalue weighted by Crippen LogP contribution is 1.81. The van der Waals surface area contributed by atoms with Gasteiger partial charge in [-0.2, -0.15) is 5.26 Å². The molecule has 0 aliphatic rings. The van der Waals surface area contributed by atoms with Crippen LogP contribution in [0.5, 0.6) is 0 Å². The Morgan fingerprint density at radius 3 is 1.36 bits per heavy atom. The van der Waals surface area contributed by atoms with Gasteiger partial charge in [-0.25, -0.2) is 4.79 Å². The van der Waals surface area contributed by atoms with E-state index in [-0.39, 0.29) is 0 Å². The Hall–Kier alpha value is -1.28. The highest BCUT2D eigenvalue weighted by molar-refractivity contribution is 5.53. The topological polar surface area (TPSA) is 84.6 Å². The zero-order valence-corrected chi connectivity index (χ0v) is 9.32. The van der Waals surface area contributed by atoms with Crippen LogP contribution in [0, 0.1) is 11.3 Å². The summed E-state index contributed by atoms with van der Waals surface area (Å²) in [4.78, 5) is 10.9. The molecule has 0 rings (SSSR count). The lowest BCUT2D eigenvalue weighted by Crippen LogP contribution is -2.21. The van der Waals surface area contributed by atoms with Gasteiger partial charge in [-0.3, -0.25) is 0 Å². The van der Waals surface area contributed by atoms with E-state index in [1.54, 1.807) is 6.07 Å². The highest BCUT2D eigenvalue weighted by atomic mass is 16.6. The predicted octanol–water partition coefficient (Wildman–Crippen LogP) is 2.10. The minimum atomic E-state index is -1.83. The summed E-state index contributed by atoms with van der Waals surface area (Å²) < 4.78 is 0. The molecule has 14 heavy (non-hydrogen) atoms. The van der Waals surface area contributed by atoms with Crippen LogP contribution in [0.25, 0.3) is 0 Å². The molecule has 5 heteroatoms. The van der Waals surface area contributed by atoms with Crippen LogP contribution < -0.4 is 0 Å². The molecule has 0 saturated heterocycles. The summed E-state index contributed by atoms with van der Waals surface area (Å²) in [6.45, 7) is 11.6. The molecule has 0 aliphatic heterocycles. The molecule has 0 aromatic carbocycles.